The number of thioether (sulfide) groups is 1. The maximum absolute atomic E-state index is 12.6. The van der Waals surface area contributed by atoms with Gasteiger partial charge in [-0.25, -0.2) is 9.97 Å². The van der Waals surface area contributed by atoms with E-state index in [-0.39, 0.29) is 17.1 Å². The largest absolute Gasteiger partial charge is 0.301 e. The van der Waals surface area contributed by atoms with Gasteiger partial charge in [0, 0.05) is 21.7 Å². The lowest BCUT2D eigenvalue weighted by atomic mass is 9.69. The predicted molar refractivity (Wildman–Crippen MR) is 140 cm³/mol. The molecule has 0 radical (unpaired) electrons. The van der Waals surface area contributed by atoms with E-state index in [1.807, 2.05) is 35.7 Å². The maximum Gasteiger partial charge on any atom is 0.236 e. The van der Waals surface area contributed by atoms with Crippen molar-refractivity contribution in [2.24, 2.45) is 11.3 Å². The van der Waals surface area contributed by atoms with E-state index in [2.05, 4.69) is 37.1 Å². The van der Waals surface area contributed by atoms with Gasteiger partial charge >= 0.3 is 0 Å². The minimum atomic E-state index is -0.171. The van der Waals surface area contributed by atoms with Crippen LogP contribution >= 0.6 is 34.7 Å². The van der Waals surface area contributed by atoms with Crippen LogP contribution in [0.15, 0.2) is 40.7 Å². The summed E-state index contributed by atoms with van der Waals surface area (Å²) in [4.78, 5) is 21.8. The Morgan fingerprint density at radius 1 is 1.32 bits per heavy atom. The van der Waals surface area contributed by atoms with E-state index >= 15 is 0 Å². The van der Waals surface area contributed by atoms with E-state index in [1.165, 1.54) is 28.7 Å². The number of anilines is 1. The molecule has 1 amide bonds. The first-order valence-corrected chi connectivity index (χ1v) is 13.6. The average molecular weight is 511 g/mol. The number of halogens is 1. The lowest BCUT2D eigenvalue weighted by molar-refractivity contribution is -0.113. The molecule has 3 aromatic rings. The van der Waals surface area contributed by atoms with E-state index in [9.17, 15) is 10.1 Å². The molecule has 0 spiro atoms. The number of carbonyl (C=O) groups is 1. The minimum absolute atomic E-state index is 0.168. The van der Waals surface area contributed by atoms with Crippen molar-refractivity contribution in [2.75, 3.05) is 11.1 Å². The van der Waals surface area contributed by atoms with Gasteiger partial charge in [-0.05, 0) is 54.4 Å². The molecule has 0 aliphatic heterocycles. The van der Waals surface area contributed by atoms with Crippen molar-refractivity contribution in [1.82, 2.24) is 9.97 Å². The molecule has 1 aliphatic rings. The number of benzene rings is 1. The van der Waals surface area contributed by atoms with Gasteiger partial charge < -0.3 is 5.32 Å². The van der Waals surface area contributed by atoms with Gasteiger partial charge in [-0.1, -0.05) is 62.7 Å². The number of fused-ring (bicyclic) bond motifs is 1. The maximum atomic E-state index is 12.6. The van der Waals surface area contributed by atoms with Crippen molar-refractivity contribution in [3.05, 3.63) is 57.6 Å². The second-order valence-electron chi connectivity index (χ2n) is 9.22. The molecule has 0 fully saturated rings. The number of amides is 1. The van der Waals surface area contributed by atoms with E-state index in [4.69, 9.17) is 16.6 Å². The Balaban J connectivity index is 1.40. The van der Waals surface area contributed by atoms with Crippen molar-refractivity contribution in [2.45, 2.75) is 51.5 Å². The fourth-order valence-electron chi connectivity index (χ4n) is 4.17. The molecule has 5 nitrogen and oxygen atoms in total. The standard InChI is InChI=1S/C26H27ClN4OS2/c1-4-26(2,3)19-7-10-21-17(12-19)11-18(13-28)24(29-21)33-15-23(32)31-25-30-22(14-34-25)16-5-8-20(27)9-6-16/h5-6,8-9,11,14,19H,4,7,10,12,15H2,1-3H3,(H,30,31,32). The van der Waals surface area contributed by atoms with Crippen LogP contribution in [-0.2, 0) is 17.6 Å². The number of rotatable bonds is 7. The number of aromatic nitrogens is 2. The number of pyridine rings is 1. The molecule has 2 heterocycles. The zero-order valence-electron chi connectivity index (χ0n) is 19.5. The fraction of sp³-hybridized carbons (Fsp3) is 0.385. The lowest BCUT2D eigenvalue weighted by Crippen LogP contribution is -2.29. The van der Waals surface area contributed by atoms with Crippen LogP contribution < -0.4 is 5.32 Å². The molecule has 1 aromatic carbocycles. The van der Waals surface area contributed by atoms with E-state index in [0.29, 0.717) is 26.7 Å². The highest BCUT2D eigenvalue weighted by Gasteiger charge is 2.32. The number of nitrogens with zero attached hydrogens (tertiary/aromatic N) is 3. The summed E-state index contributed by atoms with van der Waals surface area (Å²) in [6, 6.07) is 11.7. The molecule has 4 rings (SSSR count). The van der Waals surface area contributed by atoms with Crippen molar-refractivity contribution in [3.8, 4) is 17.3 Å². The molecular formula is C26H27ClN4OS2. The molecule has 1 N–H and O–H groups in total. The molecular weight excluding hydrogens is 484 g/mol. The number of carbonyl (C=O) groups excluding carboxylic acids is 1. The predicted octanol–water partition coefficient (Wildman–Crippen LogP) is 7.00. The van der Waals surface area contributed by atoms with Gasteiger partial charge in [0.05, 0.1) is 17.0 Å². The SMILES string of the molecule is CCC(C)(C)C1CCc2nc(SCC(=O)Nc3nc(-c4ccc(Cl)cc4)cs3)c(C#N)cc2C1. The summed E-state index contributed by atoms with van der Waals surface area (Å²) < 4.78 is 0. The zero-order valence-corrected chi connectivity index (χ0v) is 21.9. The first-order chi connectivity index (χ1) is 16.3. The van der Waals surface area contributed by atoms with Gasteiger partial charge in [0.2, 0.25) is 5.91 Å². The highest BCUT2D eigenvalue weighted by Crippen LogP contribution is 2.40. The molecule has 0 bridgehead atoms. The van der Waals surface area contributed by atoms with Crippen LogP contribution in [0.5, 0.6) is 0 Å². The zero-order chi connectivity index (χ0) is 24.3. The molecule has 2 aromatic heterocycles. The molecule has 8 heteroatoms. The van der Waals surface area contributed by atoms with Gasteiger partial charge in [0.15, 0.2) is 5.13 Å². The Hall–Kier alpha value is -2.40. The molecule has 0 saturated carbocycles. The van der Waals surface area contributed by atoms with Crippen LogP contribution in [0, 0.1) is 22.7 Å². The number of nitrogens with one attached hydrogen (secondary N) is 1. The van der Waals surface area contributed by atoms with Gasteiger partial charge in [-0.2, -0.15) is 5.26 Å². The Kier molecular flexibility index (Phi) is 7.61. The van der Waals surface area contributed by atoms with Crippen LogP contribution in [0.3, 0.4) is 0 Å². The highest BCUT2D eigenvalue weighted by atomic mass is 35.5. The normalized spacial score (nSPS) is 15.4. The number of aryl methyl sites for hydroxylation is 1. The number of thiazole rings is 1. The van der Waals surface area contributed by atoms with E-state index < -0.39 is 0 Å². The number of hydrogen-bond donors (Lipinski definition) is 1. The lowest BCUT2D eigenvalue weighted by Gasteiger charge is -2.37. The third-order valence-corrected chi connectivity index (χ3v) is 8.72. The Bertz CT molecular complexity index is 1230. The summed E-state index contributed by atoms with van der Waals surface area (Å²) in [7, 11) is 0. The summed E-state index contributed by atoms with van der Waals surface area (Å²) in [5.41, 5.74) is 4.80. The smallest absolute Gasteiger partial charge is 0.236 e. The van der Waals surface area contributed by atoms with Crippen LogP contribution in [0.2, 0.25) is 5.02 Å². The van der Waals surface area contributed by atoms with Crippen LogP contribution in [-0.4, -0.2) is 21.6 Å². The number of hydrogen-bond acceptors (Lipinski definition) is 6. The fourth-order valence-corrected chi connectivity index (χ4v) is 5.80. The molecule has 176 valence electrons. The summed E-state index contributed by atoms with van der Waals surface area (Å²) in [6.45, 7) is 6.89. The van der Waals surface area contributed by atoms with E-state index in [1.54, 1.807) is 0 Å². The quantitative estimate of drug-likeness (QED) is 0.346. The third kappa shape index (κ3) is 5.63. The minimum Gasteiger partial charge on any atom is -0.301 e. The Morgan fingerprint density at radius 2 is 2.09 bits per heavy atom. The Labute approximate surface area is 214 Å². The van der Waals surface area contributed by atoms with E-state index in [0.717, 1.165) is 42.6 Å². The van der Waals surface area contributed by atoms with Crippen LogP contribution in [0.4, 0.5) is 5.13 Å². The molecule has 1 atom stereocenters. The van der Waals surface area contributed by atoms with Crippen LogP contribution in [0.1, 0.15) is 50.4 Å². The van der Waals surface area contributed by atoms with Crippen molar-refractivity contribution in [3.63, 3.8) is 0 Å². The number of nitriles is 1. The third-order valence-electron chi connectivity index (χ3n) is 6.72. The summed E-state index contributed by atoms with van der Waals surface area (Å²) in [5, 5.41) is 16.3. The summed E-state index contributed by atoms with van der Waals surface area (Å²) >= 11 is 8.63. The van der Waals surface area contributed by atoms with Gasteiger partial charge in [-0.3, -0.25) is 4.79 Å². The first kappa shape index (κ1) is 24.7. The van der Waals surface area contributed by atoms with Gasteiger partial charge in [-0.15, -0.1) is 11.3 Å². The first-order valence-electron chi connectivity index (χ1n) is 11.4. The van der Waals surface area contributed by atoms with Crippen molar-refractivity contribution in [1.29, 1.82) is 5.26 Å². The summed E-state index contributed by atoms with van der Waals surface area (Å²) in [6.07, 6.45) is 4.12. The van der Waals surface area contributed by atoms with Crippen molar-refractivity contribution >= 4 is 45.7 Å². The molecule has 34 heavy (non-hydrogen) atoms. The molecule has 1 aliphatic carbocycles. The van der Waals surface area contributed by atoms with Crippen molar-refractivity contribution < 1.29 is 4.79 Å². The second-order valence-corrected chi connectivity index (χ2v) is 11.5. The summed E-state index contributed by atoms with van der Waals surface area (Å²) in [5.74, 6) is 0.593. The Morgan fingerprint density at radius 3 is 2.79 bits per heavy atom. The van der Waals surface area contributed by atoms with Gasteiger partial charge in [0.1, 0.15) is 11.1 Å². The molecule has 1 unspecified atom stereocenters. The molecule has 0 saturated heterocycles. The van der Waals surface area contributed by atoms with Crippen LogP contribution in [0.25, 0.3) is 11.3 Å². The van der Waals surface area contributed by atoms with Gasteiger partial charge in [0.25, 0.3) is 0 Å². The highest BCUT2D eigenvalue weighted by molar-refractivity contribution is 8.00. The topological polar surface area (TPSA) is 78.7 Å². The monoisotopic (exact) mass is 510 g/mol. The second kappa shape index (κ2) is 10.5. The average Bonchev–Trinajstić information content (AvgIpc) is 3.30.